The molecule has 7 atom stereocenters. The molecule has 200 valence electrons. The number of carbonyl (C=O) groups is 3. The molecule has 4 aliphatic rings. The Morgan fingerprint density at radius 1 is 1.27 bits per heavy atom. The van der Waals surface area contributed by atoms with Crippen molar-refractivity contribution >= 4 is 17.9 Å². The van der Waals surface area contributed by atoms with Crippen molar-refractivity contribution in [3.8, 4) is 11.5 Å². The Labute approximate surface area is 214 Å². The lowest BCUT2D eigenvalue weighted by Gasteiger charge is -2.61. The van der Waals surface area contributed by atoms with Crippen molar-refractivity contribution in [1.29, 1.82) is 0 Å². The Balaban J connectivity index is 1.41. The highest BCUT2D eigenvalue weighted by atomic mass is 16.6. The first-order valence-corrected chi connectivity index (χ1v) is 12.7. The smallest absolute Gasteiger partial charge is 0.352 e. The Kier molecular flexibility index (Phi) is 6.23. The van der Waals surface area contributed by atoms with Crippen molar-refractivity contribution in [1.82, 2.24) is 0 Å². The quantitative estimate of drug-likeness (QED) is 0.438. The van der Waals surface area contributed by atoms with E-state index >= 15 is 0 Å². The van der Waals surface area contributed by atoms with E-state index < -0.39 is 47.2 Å². The lowest BCUT2D eigenvalue weighted by Crippen LogP contribution is -2.69. The summed E-state index contributed by atoms with van der Waals surface area (Å²) in [5.41, 5.74) is 5.90. The summed E-state index contributed by atoms with van der Waals surface area (Å²) >= 11 is 0. The van der Waals surface area contributed by atoms with Gasteiger partial charge in [0, 0.05) is 12.0 Å². The molecule has 4 N–H and O–H groups in total. The first kappa shape index (κ1) is 25.5. The molecule has 1 aromatic rings. The molecule has 37 heavy (non-hydrogen) atoms. The lowest BCUT2D eigenvalue weighted by atomic mass is 9.45. The Hall–Kier alpha value is -3.11. The van der Waals surface area contributed by atoms with E-state index in [2.05, 4.69) is 6.92 Å². The molecular weight excluding hydrogens is 482 g/mol. The summed E-state index contributed by atoms with van der Waals surface area (Å²) < 4.78 is 22.9. The third-order valence-electron chi connectivity index (χ3n) is 8.75. The van der Waals surface area contributed by atoms with Crippen LogP contribution in [-0.2, 0) is 35.7 Å². The van der Waals surface area contributed by atoms with E-state index in [0.717, 1.165) is 24.0 Å². The number of hydrogen-bond donors (Lipinski definition) is 3. The van der Waals surface area contributed by atoms with Gasteiger partial charge in [0.25, 0.3) is 0 Å². The minimum absolute atomic E-state index is 0.0277. The van der Waals surface area contributed by atoms with Crippen LogP contribution in [0.1, 0.15) is 57.1 Å². The second-order valence-electron chi connectivity index (χ2n) is 10.7. The molecule has 1 heterocycles. The standard InChI is InChI=1S/C27H33NO9/c1-13-8-10-26-21-15-4-6-18(34-3)22(21)37-23(26)19(9-11-27(26,33)16(13)12-15)36-24(31)14(2)35-25(32)17(28)5-7-20(29)30/h4,6,9,13-14,16-17,23,33H,5,7-8,10-12,28H2,1-3H3,(H,29,30)/t13?,14-,16-,17-,23-,26-,27+/m0/s1. The number of carboxylic acid groups (broad SMARTS) is 1. The Morgan fingerprint density at radius 2 is 2.03 bits per heavy atom. The molecule has 0 amide bonds. The molecule has 5 rings (SSSR count). The summed E-state index contributed by atoms with van der Waals surface area (Å²) in [5.74, 6) is -1.03. The molecule has 1 fully saturated rings. The van der Waals surface area contributed by atoms with Gasteiger partial charge in [-0.15, -0.1) is 0 Å². The van der Waals surface area contributed by atoms with Crippen LogP contribution in [0.3, 0.4) is 0 Å². The number of rotatable bonds is 8. The number of methoxy groups -OCH3 is 1. The maximum absolute atomic E-state index is 13.0. The second kappa shape index (κ2) is 9.02. The van der Waals surface area contributed by atoms with Crippen LogP contribution in [0.25, 0.3) is 0 Å². The number of aliphatic hydroxyl groups is 1. The van der Waals surface area contributed by atoms with Gasteiger partial charge in [0.2, 0.25) is 0 Å². The molecule has 3 aliphatic carbocycles. The monoisotopic (exact) mass is 515 g/mol. The van der Waals surface area contributed by atoms with Crippen molar-refractivity contribution in [3.05, 3.63) is 35.1 Å². The number of carbonyl (C=O) groups excluding carboxylic acids is 2. The zero-order valence-corrected chi connectivity index (χ0v) is 21.2. The van der Waals surface area contributed by atoms with Gasteiger partial charge in [0.1, 0.15) is 11.8 Å². The van der Waals surface area contributed by atoms with Gasteiger partial charge in [-0.1, -0.05) is 13.0 Å². The summed E-state index contributed by atoms with van der Waals surface area (Å²) in [6.45, 7) is 3.54. The van der Waals surface area contributed by atoms with Crippen molar-refractivity contribution in [3.63, 3.8) is 0 Å². The molecule has 1 aromatic carbocycles. The van der Waals surface area contributed by atoms with Gasteiger partial charge in [-0.05, 0) is 68.6 Å². The van der Waals surface area contributed by atoms with Crippen LogP contribution in [0.2, 0.25) is 0 Å². The van der Waals surface area contributed by atoms with Crippen LogP contribution < -0.4 is 15.2 Å². The third kappa shape index (κ3) is 3.72. The first-order valence-electron chi connectivity index (χ1n) is 12.7. The van der Waals surface area contributed by atoms with Crippen LogP contribution >= 0.6 is 0 Å². The third-order valence-corrected chi connectivity index (χ3v) is 8.75. The minimum Gasteiger partial charge on any atom is -0.493 e. The van der Waals surface area contributed by atoms with Gasteiger partial charge in [-0.2, -0.15) is 0 Å². The summed E-state index contributed by atoms with van der Waals surface area (Å²) in [6.07, 6.45) is 1.89. The van der Waals surface area contributed by atoms with E-state index in [4.69, 9.17) is 29.8 Å². The van der Waals surface area contributed by atoms with E-state index in [0.29, 0.717) is 30.3 Å². The average Bonchev–Trinajstić information content (AvgIpc) is 3.21. The Morgan fingerprint density at radius 3 is 2.73 bits per heavy atom. The van der Waals surface area contributed by atoms with Crippen molar-refractivity contribution < 1.29 is 43.5 Å². The summed E-state index contributed by atoms with van der Waals surface area (Å²) in [5, 5.41) is 21.0. The number of nitrogens with two attached hydrogens (primary N) is 1. The number of ether oxygens (including phenoxy) is 4. The second-order valence-corrected chi connectivity index (χ2v) is 10.7. The normalized spacial score (nSPS) is 32.2. The van der Waals surface area contributed by atoms with Crippen LogP contribution in [0.15, 0.2) is 24.0 Å². The average molecular weight is 516 g/mol. The molecule has 1 saturated carbocycles. The first-order chi connectivity index (χ1) is 17.5. The molecule has 0 radical (unpaired) electrons. The van der Waals surface area contributed by atoms with E-state index in [1.807, 2.05) is 12.1 Å². The molecule has 2 bridgehead atoms. The fourth-order valence-corrected chi connectivity index (χ4v) is 6.87. The zero-order valence-electron chi connectivity index (χ0n) is 21.2. The summed E-state index contributed by atoms with van der Waals surface area (Å²) in [7, 11) is 1.57. The van der Waals surface area contributed by atoms with Crippen LogP contribution in [-0.4, -0.2) is 59.1 Å². The van der Waals surface area contributed by atoms with Crippen LogP contribution in [0.5, 0.6) is 11.5 Å². The molecule has 1 spiro atoms. The molecule has 0 saturated heterocycles. The van der Waals surface area contributed by atoms with Crippen LogP contribution in [0, 0.1) is 11.8 Å². The van der Waals surface area contributed by atoms with Crippen molar-refractivity contribution in [2.75, 3.05) is 7.11 Å². The molecule has 10 heteroatoms. The van der Waals surface area contributed by atoms with E-state index in [1.165, 1.54) is 6.92 Å². The fourth-order valence-electron chi connectivity index (χ4n) is 6.87. The van der Waals surface area contributed by atoms with Gasteiger partial charge in [0.05, 0.1) is 18.1 Å². The molecular formula is C27H33NO9. The highest BCUT2D eigenvalue weighted by molar-refractivity contribution is 5.82. The maximum atomic E-state index is 13.0. The number of hydrogen-bond acceptors (Lipinski definition) is 9. The van der Waals surface area contributed by atoms with Crippen LogP contribution in [0.4, 0.5) is 0 Å². The predicted octanol–water partition coefficient (Wildman–Crippen LogP) is 1.98. The molecule has 1 aliphatic heterocycles. The number of carboxylic acids is 1. The molecule has 0 aromatic heterocycles. The highest BCUT2D eigenvalue weighted by Crippen LogP contribution is 2.68. The van der Waals surface area contributed by atoms with E-state index in [9.17, 15) is 19.5 Å². The van der Waals surface area contributed by atoms with E-state index in [-0.39, 0.29) is 24.5 Å². The highest BCUT2D eigenvalue weighted by Gasteiger charge is 2.72. The number of benzene rings is 1. The topological polar surface area (TPSA) is 155 Å². The van der Waals surface area contributed by atoms with Gasteiger partial charge < -0.3 is 34.9 Å². The van der Waals surface area contributed by atoms with Gasteiger partial charge >= 0.3 is 17.9 Å². The Bertz CT molecular complexity index is 1180. The lowest BCUT2D eigenvalue weighted by molar-refractivity contribution is -0.176. The number of aliphatic carboxylic acids is 1. The maximum Gasteiger partial charge on any atom is 0.352 e. The largest absolute Gasteiger partial charge is 0.493 e. The number of esters is 2. The summed E-state index contributed by atoms with van der Waals surface area (Å²) in [6, 6.07) is 2.74. The zero-order chi connectivity index (χ0) is 26.7. The van der Waals surface area contributed by atoms with Gasteiger partial charge in [0.15, 0.2) is 23.7 Å². The molecule has 10 nitrogen and oxygen atoms in total. The van der Waals surface area contributed by atoms with Crippen molar-refractivity contribution in [2.24, 2.45) is 17.6 Å². The van der Waals surface area contributed by atoms with Gasteiger partial charge in [-0.25, -0.2) is 4.79 Å². The van der Waals surface area contributed by atoms with E-state index in [1.54, 1.807) is 13.2 Å². The summed E-state index contributed by atoms with van der Waals surface area (Å²) in [4.78, 5) is 35.9. The minimum atomic E-state index is -1.28. The van der Waals surface area contributed by atoms with Gasteiger partial charge in [-0.3, -0.25) is 9.59 Å². The van der Waals surface area contributed by atoms with Crippen molar-refractivity contribution in [2.45, 2.75) is 81.6 Å². The SMILES string of the molecule is COc1ccc2c3c1O[C@H]1C(OC(=O)[C@H](C)OC(=O)[C@@H](N)CCC(=O)O)=CC[C@@]4(O)[C@@H](C2)C(C)CC[C@]314. The fraction of sp³-hybridized carbons (Fsp3) is 0.593. The predicted molar refractivity (Wildman–Crippen MR) is 129 cm³/mol. The molecule has 1 unspecified atom stereocenters.